The second-order valence-corrected chi connectivity index (χ2v) is 10.7. The number of thiophene rings is 1. The summed E-state index contributed by atoms with van der Waals surface area (Å²) < 4.78 is 33.0. The van der Waals surface area contributed by atoms with E-state index in [0.717, 1.165) is 17.0 Å². The summed E-state index contributed by atoms with van der Waals surface area (Å²) in [6.07, 6.45) is 1.89. The van der Waals surface area contributed by atoms with Crippen LogP contribution in [0.5, 0.6) is 0 Å². The van der Waals surface area contributed by atoms with Crippen LogP contribution in [0.25, 0.3) is 32.1 Å². The fraction of sp³-hybridized carbons (Fsp3) is 0.250. The number of fused-ring (bicyclic) bond motifs is 2. The highest BCUT2D eigenvalue weighted by Gasteiger charge is 2.36. The van der Waals surface area contributed by atoms with Crippen molar-refractivity contribution < 1.29 is 18.4 Å². The summed E-state index contributed by atoms with van der Waals surface area (Å²) in [4.78, 5) is 29.5. The number of rotatable bonds is 2. The van der Waals surface area contributed by atoms with Crippen LogP contribution in [0.2, 0.25) is 0 Å². The topological polar surface area (TPSA) is 95.4 Å². The monoisotopic (exact) mass is 531 g/mol. The Morgan fingerprint density at radius 2 is 2.00 bits per heavy atom. The second kappa shape index (κ2) is 8.67. The number of piperazine rings is 1. The highest BCUT2D eigenvalue weighted by atomic mass is 32.1. The molecule has 7 nitrogen and oxygen atoms in total. The van der Waals surface area contributed by atoms with E-state index < -0.39 is 11.6 Å². The molecule has 0 spiro atoms. The van der Waals surface area contributed by atoms with Crippen LogP contribution in [-0.2, 0) is 11.3 Å². The average Bonchev–Trinajstić information content (AvgIpc) is 3.42. The zero-order valence-corrected chi connectivity index (χ0v) is 21.4. The Kier molecular flexibility index (Phi) is 5.50. The third-order valence-electron chi connectivity index (χ3n) is 7.68. The third-order valence-corrected chi connectivity index (χ3v) is 8.71. The minimum atomic E-state index is -0.642. The summed E-state index contributed by atoms with van der Waals surface area (Å²) in [5.74, 6) is -1.64. The van der Waals surface area contributed by atoms with Crippen molar-refractivity contribution in [2.45, 2.75) is 25.9 Å². The van der Waals surface area contributed by atoms with E-state index in [4.69, 9.17) is 5.73 Å². The average molecular weight is 532 g/mol. The first-order valence-electron chi connectivity index (χ1n) is 12.2. The number of hydrogen-bond donors (Lipinski definition) is 1. The molecule has 10 heteroatoms. The molecular weight excluding hydrogens is 508 g/mol. The molecule has 192 valence electrons. The van der Waals surface area contributed by atoms with Crippen LogP contribution in [0.15, 0.2) is 36.9 Å². The highest BCUT2D eigenvalue weighted by Crippen LogP contribution is 2.45. The number of nitrogens with two attached hydrogens (primary N) is 1. The number of amides is 2. The molecule has 0 bridgehead atoms. The number of halogens is 2. The molecule has 2 N–H and O–H groups in total. The van der Waals surface area contributed by atoms with E-state index in [0.29, 0.717) is 49.1 Å². The molecule has 6 rings (SSSR count). The van der Waals surface area contributed by atoms with Crippen molar-refractivity contribution in [2.75, 3.05) is 25.4 Å². The lowest BCUT2D eigenvalue weighted by molar-refractivity contribution is -0.128. The first-order valence-corrected chi connectivity index (χ1v) is 13.0. The van der Waals surface area contributed by atoms with E-state index in [1.807, 2.05) is 23.6 Å². The largest absolute Gasteiger partial charge is 0.389 e. The number of nitrogens with zero attached hydrogens (tertiary/aromatic N) is 4. The van der Waals surface area contributed by atoms with Gasteiger partial charge in [-0.05, 0) is 43.2 Å². The van der Waals surface area contributed by atoms with Crippen molar-refractivity contribution in [3.8, 4) is 17.2 Å². The number of carbonyl (C=O) groups is 2. The summed E-state index contributed by atoms with van der Waals surface area (Å²) >= 11 is 0.958. The molecule has 2 aliphatic rings. The minimum Gasteiger partial charge on any atom is -0.389 e. The van der Waals surface area contributed by atoms with Gasteiger partial charge in [0.15, 0.2) is 0 Å². The molecule has 4 heterocycles. The molecule has 1 atom stereocenters. The van der Waals surface area contributed by atoms with Gasteiger partial charge in [-0.25, -0.2) is 8.78 Å². The number of carbonyl (C=O) groups excluding carboxylic acids is 2. The van der Waals surface area contributed by atoms with E-state index in [-0.39, 0.29) is 49.6 Å². The highest BCUT2D eigenvalue weighted by molar-refractivity contribution is 7.23. The quantitative estimate of drug-likeness (QED) is 0.376. The maximum absolute atomic E-state index is 16.1. The van der Waals surface area contributed by atoms with E-state index in [9.17, 15) is 19.2 Å². The van der Waals surface area contributed by atoms with E-state index in [1.165, 1.54) is 24.3 Å². The van der Waals surface area contributed by atoms with E-state index in [2.05, 4.69) is 6.58 Å². The van der Waals surface area contributed by atoms with Gasteiger partial charge >= 0.3 is 0 Å². The van der Waals surface area contributed by atoms with Crippen molar-refractivity contribution >= 4 is 49.1 Å². The van der Waals surface area contributed by atoms with Gasteiger partial charge in [0.2, 0.25) is 5.91 Å². The lowest BCUT2D eigenvalue weighted by Crippen LogP contribution is -2.57. The van der Waals surface area contributed by atoms with Crippen molar-refractivity contribution in [3.63, 3.8) is 0 Å². The second-order valence-electron chi connectivity index (χ2n) is 9.66. The van der Waals surface area contributed by atoms with Crippen LogP contribution < -0.4 is 5.73 Å². The Balaban J connectivity index is 1.57. The summed E-state index contributed by atoms with van der Waals surface area (Å²) in [6.45, 7) is 7.13. The summed E-state index contributed by atoms with van der Waals surface area (Å²) in [7, 11) is 0. The Labute approximate surface area is 220 Å². The molecule has 2 aromatic carbocycles. The molecule has 0 aliphatic carbocycles. The first kappa shape index (κ1) is 24.1. The molecule has 0 saturated carbocycles. The Bertz CT molecular complexity index is 1750. The maximum Gasteiger partial charge on any atom is 0.256 e. The van der Waals surface area contributed by atoms with Crippen LogP contribution >= 0.6 is 11.3 Å². The predicted molar refractivity (Wildman–Crippen MR) is 143 cm³/mol. The predicted octanol–water partition coefficient (Wildman–Crippen LogP) is 4.81. The Morgan fingerprint density at radius 1 is 1.21 bits per heavy atom. The van der Waals surface area contributed by atoms with E-state index in [1.54, 1.807) is 9.80 Å². The van der Waals surface area contributed by atoms with Crippen molar-refractivity contribution in [3.05, 3.63) is 65.4 Å². The van der Waals surface area contributed by atoms with Gasteiger partial charge in [-0.2, -0.15) is 5.26 Å². The standard InChI is InChI=1S/C28H23F2N5O2S/c1-3-22(36)33-8-9-35-15(13-33)6-7-34-14(2)10-17-23(21(30)11-18(25(17)34)28(35)37)16-4-5-20(29)26-24(16)19(12-31)27(32)38-26/h3-5,10-11,15H,1,6-9,13,32H2,2H3/t15-/m1/s1. The van der Waals surface area contributed by atoms with Crippen LogP contribution in [0.4, 0.5) is 13.8 Å². The number of aromatic nitrogens is 1. The minimum absolute atomic E-state index is 0.110. The molecule has 2 aromatic heterocycles. The zero-order chi connectivity index (χ0) is 26.9. The Morgan fingerprint density at radius 3 is 2.74 bits per heavy atom. The molecule has 1 saturated heterocycles. The van der Waals surface area contributed by atoms with Gasteiger partial charge in [0.25, 0.3) is 5.91 Å². The van der Waals surface area contributed by atoms with Gasteiger partial charge in [0.1, 0.15) is 22.7 Å². The fourth-order valence-corrected chi connectivity index (χ4v) is 6.87. The third kappa shape index (κ3) is 3.35. The molecule has 4 aromatic rings. The van der Waals surface area contributed by atoms with Crippen LogP contribution in [0.3, 0.4) is 0 Å². The van der Waals surface area contributed by atoms with Gasteiger partial charge in [-0.15, -0.1) is 11.3 Å². The molecule has 2 amide bonds. The molecular formula is C28H23F2N5O2S. The SMILES string of the molecule is C=CC(=O)N1CCN2C(=O)c3cc(F)c(-c4ccc(F)c5sc(N)c(C#N)c45)c4cc(C)n(c34)CC[C@@H]2C1. The van der Waals surface area contributed by atoms with Gasteiger partial charge in [-0.3, -0.25) is 9.59 Å². The lowest BCUT2D eigenvalue weighted by Gasteiger charge is -2.42. The first-order chi connectivity index (χ1) is 18.2. The van der Waals surface area contributed by atoms with Gasteiger partial charge < -0.3 is 20.1 Å². The smallest absolute Gasteiger partial charge is 0.256 e. The number of anilines is 1. The fourth-order valence-electron chi connectivity index (χ4n) is 5.92. The van der Waals surface area contributed by atoms with Gasteiger partial charge in [0, 0.05) is 48.2 Å². The number of benzene rings is 2. The Hall–Kier alpha value is -4.23. The number of nitrogen functional groups attached to an aromatic ring is 1. The maximum atomic E-state index is 16.1. The number of nitriles is 1. The van der Waals surface area contributed by atoms with E-state index >= 15 is 4.39 Å². The van der Waals surface area contributed by atoms with Crippen LogP contribution in [0.1, 0.15) is 28.0 Å². The summed E-state index contributed by atoms with van der Waals surface area (Å²) in [5, 5.41) is 10.7. The zero-order valence-electron chi connectivity index (χ0n) is 20.6. The molecule has 0 radical (unpaired) electrons. The van der Waals surface area contributed by atoms with Crippen molar-refractivity contribution in [1.29, 1.82) is 5.26 Å². The normalized spacial score (nSPS) is 17.3. The molecule has 2 aliphatic heterocycles. The van der Waals surface area contributed by atoms with Gasteiger partial charge in [0.05, 0.1) is 27.4 Å². The molecule has 1 fully saturated rings. The van der Waals surface area contributed by atoms with Crippen LogP contribution in [-0.4, -0.2) is 51.9 Å². The van der Waals surface area contributed by atoms with Gasteiger partial charge in [-0.1, -0.05) is 12.6 Å². The lowest BCUT2D eigenvalue weighted by atomic mass is 9.93. The van der Waals surface area contributed by atoms with Crippen LogP contribution in [0, 0.1) is 29.9 Å². The number of hydrogen-bond acceptors (Lipinski definition) is 5. The van der Waals surface area contributed by atoms with Crippen molar-refractivity contribution in [2.24, 2.45) is 0 Å². The van der Waals surface area contributed by atoms with Crippen molar-refractivity contribution in [1.82, 2.24) is 14.4 Å². The molecule has 38 heavy (non-hydrogen) atoms. The molecule has 0 unspecified atom stereocenters. The summed E-state index contributed by atoms with van der Waals surface area (Å²) in [5.41, 5.74) is 8.38. The number of aryl methyl sites for hydroxylation is 2. The summed E-state index contributed by atoms with van der Waals surface area (Å²) in [6, 6.07) is 7.63.